The van der Waals surface area contributed by atoms with E-state index in [1.807, 2.05) is 0 Å². The first-order valence-electron chi connectivity index (χ1n) is 10.6. The summed E-state index contributed by atoms with van der Waals surface area (Å²) in [5, 5.41) is 0. The highest BCUT2D eigenvalue weighted by atomic mass is 32.2. The zero-order valence-electron chi connectivity index (χ0n) is 16.1. The van der Waals surface area contributed by atoms with E-state index in [9.17, 15) is 0 Å². The quantitative estimate of drug-likeness (QED) is 0.136. The Balaban J connectivity index is 3.31. The number of rotatable bonds is 18. The molecule has 0 aromatic heterocycles. The highest BCUT2D eigenvalue weighted by molar-refractivity contribution is 8.00. The fourth-order valence-corrected chi connectivity index (χ4v) is 3.84. The molecule has 0 saturated carbocycles. The van der Waals surface area contributed by atoms with E-state index >= 15 is 0 Å². The Morgan fingerprint density at radius 2 is 0.696 bits per heavy atom. The van der Waals surface area contributed by atoms with Crippen LogP contribution in [0.3, 0.4) is 0 Å². The molecule has 0 fully saturated rings. The standard InChI is InChI=1S/C21H44S2/c1-3-5-7-9-11-12-13-14-16-18-20-21(22,23)19-17-15-10-8-6-4-2/h22-23H,3-20H2,1-2H3. The van der Waals surface area contributed by atoms with Crippen LogP contribution in [0, 0.1) is 0 Å². The van der Waals surface area contributed by atoms with Crippen molar-refractivity contribution in [2.75, 3.05) is 0 Å². The summed E-state index contributed by atoms with van der Waals surface area (Å²) in [6.45, 7) is 4.56. The van der Waals surface area contributed by atoms with E-state index in [-0.39, 0.29) is 4.08 Å². The van der Waals surface area contributed by atoms with Gasteiger partial charge in [0.15, 0.2) is 0 Å². The fraction of sp³-hybridized carbons (Fsp3) is 1.00. The zero-order chi connectivity index (χ0) is 17.2. The maximum atomic E-state index is 4.79. The maximum Gasteiger partial charge on any atom is 0.0552 e. The van der Waals surface area contributed by atoms with E-state index in [4.69, 9.17) is 25.3 Å². The predicted octanol–water partition coefficient (Wildman–Crippen LogP) is 8.60. The third-order valence-corrected chi connectivity index (χ3v) is 5.76. The minimum atomic E-state index is -0.0229. The fourth-order valence-electron chi connectivity index (χ4n) is 3.21. The Morgan fingerprint density at radius 3 is 1.00 bits per heavy atom. The average molecular weight is 361 g/mol. The van der Waals surface area contributed by atoms with E-state index < -0.39 is 0 Å². The molecule has 0 saturated heterocycles. The van der Waals surface area contributed by atoms with Crippen molar-refractivity contribution in [3.63, 3.8) is 0 Å². The van der Waals surface area contributed by atoms with Crippen LogP contribution < -0.4 is 0 Å². The lowest BCUT2D eigenvalue weighted by Gasteiger charge is -2.22. The molecule has 0 aromatic carbocycles. The molecule has 0 aromatic rings. The lowest BCUT2D eigenvalue weighted by atomic mass is 10.0. The Morgan fingerprint density at radius 1 is 0.435 bits per heavy atom. The number of thiol groups is 2. The van der Waals surface area contributed by atoms with Gasteiger partial charge in [-0.3, -0.25) is 0 Å². The van der Waals surface area contributed by atoms with Gasteiger partial charge in [-0.2, -0.15) is 25.3 Å². The van der Waals surface area contributed by atoms with Crippen molar-refractivity contribution in [1.29, 1.82) is 0 Å². The average Bonchev–Trinajstić information content (AvgIpc) is 2.52. The van der Waals surface area contributed by atoms with Crippen LogP contribution in [0.5, 0.6) is 0 Å². The van der Waals surface area contributed by atoms with E-state index in [0.717, 1.165) is 0 Å². The van der Waals surface area contributed by atoms with Gasteiger partial charge in [-0.05, 0) is 12.8 Å². The van der Waals surface area contributed by atoms with Gasteiger partial charge in [0.05, 0.1) is 4.08 Å². The van der Waals surface area contributed by atoms with Gasteiger partial charge in [-0.15, -0.1) is 0 Å². The summed E-state index contributed by atoms with van der Waals surface area (Å²) in [7, 11) is 0. The molecular formula is C21H44S2. The van der Waals surface area contributed by atoms with E-state index in [2.05, 4.69) is 13.8 Å². The molecule has 0 aliphatic rings. The van der Waals surface area contributed by atoms with Gasteiger partial charge in [0.1, 0.15) is 0 Å². The number of hydrogen-bond donors (Lipinski definition) is 2. The Labute approximate surface area is 158 Å². The second kappa shape index (κ2) is 17.5. The maximum absolute atomic E-state index is 4.79. The van der Waals surface area contributed by atoms with Crippen LogP contribution in [0.4, 0.5) is 0 Å². The van der Waals surface area contributed by atoms with Crippen molar-refractivity contribution in [1.82, 2.24) is 0 Å². The summed E-state index contributed by atoms with van der Waals surface area (Å²) in [5.41, 5.74) is 0. The third-order valence-electron chi connectivity index (χ3n) is 4.86. The second-order valence-electron chi connectivity index (χ2n) is 7.43. The number of hydrogen-bond acceptors (Lipinski definition) is 2. The van der Waals surface area contributed by atoms with Gasteiger partial charge in [0.2, 0.25) is 0 Å². The summed E-state index contributed by atoms with van der Waals surface area (Å²) >= 11 is 9.57. The Bertz CT molecular complexity index is 226. The van der Waals surface area contributed by atoms with Crippen molar-refractivity contribution in [2.45, 2.75) is 134 Å². The second-order valence-corrected chi connectivity index (χ2v) is 9.50. The van der Waals surface area contributed by atoms with Crippen LogP contribution in [0.25, 0.3) is 0 Å². The first-order valence-corrected chi connectivity index (χ1v) is 11.5. The molecule has 23 heavy (non-hydrogen) atoms. The molecule has 0 N–H and O–H groups in total. The SMILES string of the molecule is CCCCCCCCCCCCC(S)(S)CCCCCCCC. The van der Waals surface area contributed by atoms with Gasteiger partial charge >= 0.3 is 0 Å². The molecule has 0 heterocycles. The highest BCUT2D eigenvalue weighted by Gasteiger charge is 2.18. The molecule has 0 nitrogen and oxygen atoms in total. The summed E-state index contributed by atoms with van der Waals surface area (Å²) < 4.78 is -0.0229. The normalized spacial score (nSPS) is 12.0. The van der Waals surface area contributed by atoms with E-state index in [1.165, 1.54) is 116 Å². The molecule has 0 unspecified atom stereocenters. The summed E-state index contributed by atoms with van der Waals surface area (Å²) in [6.07, 6.45) is 24.6. The summed E-state index contributed by atoms with van der Waals surface area (Å²) in [5.74, 6) is 0. The molecule has 0 amide bonds. The van der Waals surface area contributed by atoms with Crippen molar-refractivity contribution in [3.05, 3.63) is 0 Å². The van der Waals surface area contributed by atoms with Gasteiger partial charge in [-0.1, -0.05) is 117 Å². The van der Waals surface area contributed by atoms with Crippen molar-refractivity contribution in [2.24, 2.45) is 0 Å². The largest absolute Gasteiger partial charge is 0.162 e. The first kappa shape index (κ1) is 23.7. The van der Waals surface area contributed by atoms with Crippen molar-refractivity contribution < 1.29 is 0 Å². The van der Waals surface area contributed by atoms with Gasteiger partial charge in [0.25, 0.3) is 0 Å². The smallest absolute Gasteiger partial charge is 0.0552 e. The summed E-state index contributed by atoms with van der Waals surface area (Å²) in [4.78, 5) is 0. The molecule has 2 heteroatoms. The first-order chi connectivity index (χ1) is 11.1. The van der Waals surface area contributed by atoms with Crippen LogP contribution in [0.1, 0.15) is 129 Å². The lowest BCUT2D eigenvalue weighted by Crippen LogP contribution is -2.12. The monoisotopic (exact) mass is 360 g/mol. The molecular weight excluding hydrogens is 316 g/mol. The van der Waals surface area contributed by atoms with E-state index in [0.29, 0.717) is 0 Å². The predicted molar refractivity (Wildman–Crippen MR) is 115 cm³/mol. The molecule has 0 rings (SSSR count). The highest BCUT2D eigenvalue weighted by Crippen LogP contribution is 2.32. The van der Waals surface area contributed by atoms with E-state index in [1.54, 1.807) is 0 Å². The molecule has 0 spiro atoms. The number of unbranched alkanes of at least 4 members (excludes halogenated alkanes) is 14. The molecule has 140 valence electrons. The van der Waals surface area contributed by atoms with Gasteiger partial charge < -0.3 is 0 Å². The summed E-state index contributed by atoms with van der Waals surface area (Å²) in [6, 6.07) is 0. The lowest BCUT2D eigenvalue weighted by molar-refractivity contribution is 0.519. The molecule has 0 aliphatic heterocycles. The van der Waals surface area contributed by atoms with Crippen LogP contribution in [0.2, 0.25) is 0 Å². The minimum Gasteiger partial charge on any atom is -0.162 e. The minimum absolute atomic E-state index is 0.0229. The van der Waals surface area contributed by atoms with Crippen LogP contribution in [-0.4, -0.2) is 4.08 Å². The van der Waals surface area contributed by atoms with Crippen LogP contribution in [0.15, 0.2) is 0 Å². The molecule has 0 atom stereocenters. The topological polar surface area (TPSA) is 0 Å². The molecule has 0 radical (unpaired) electrons. The molecule has 0 aliphatic carbocycles. The van der Waals surface area contributed by atoms with Crippen molar-refractivity contribution in [3.8, 4) is 0 Å². The van der Waals surface area contributed by atoms with Gasteiger partial charge in [-0.25, -0.2) is 0 Å². The van der Waals surface area contributed by atoms with Gasteiger partial charge in [0, 0.05) is 0 Å². The zero-order valence-corrected chi connectivity index (χ0v) is 17.9. The molecule has 0 bridgehead atoms. The van der Waals surface area contributed by atoms with Crippen molar-refractivity contribution >= 4 is 25.3 Å². The Hall–Kier alpha value is 0.700. The third kappa shape index (κ3) is 18.9. The van der Waals surface area contributed by atoms with Crippen LogP contribution >= 0.6 is 25.3 Å². The van der Waals surface area contributed by atoms with Crippen LogP contribution in [-0.2, 0) is 0 Å². The Kier molecular flexibility index (Phi) is 18.1.